The molecule has 1 N–H and O–H groups in total. The molecular formula is C14H14BrNO. The first-order chi connectivity index (χ1) is 8.16. The van der Waals surface area contributed by atoms with E-state index in [1.165, 1.54) is 6.42 Å². The van der Waals surface area contributed by atoms with Crippen LogP contribution in [0.3, 0.4) is 0 Å². The minimum absolute atomic E-state index is 0.220. The Morgan fingerprint density at radius 1 is 1.24 bits per heavy atom. The number of halogens is 1. The third-order valence-electron chi connectivity index (χ3n) is 3.56. The lowest BCUT2D eigenvalue weighted by atomic mass is 9.94. The van der Waals surface area contributed by atoms with Crippen LogP contribution < -0.4 is 5.43 Å². The van der Waals surface area contributed by atoms with Crippen molar-refractivity contribution in [2.45, 2.75) is 32.6 Å². The van der Waals surface area contributed by atoms with Gasteiger partial charge in [0.25, 0.3) is 0 Å². The van der Waals surface area contributed by atoms with Gasteiger partial charge in [-0.3, -0.25) is 4.79 Å². The van der Waals surface area contributed by atoms with Gasteiger partial charge in [-0.25, -0.2) is 0 Å². The largest absolute Gasteiger partial charge is 0.358 e. The molecule has 0 spiro atoms. The molecule has 1 aliphatic rings. The summed E-state index contributed by atoms with van der Waals surface area (Å²) in [5, 5.41) is 0.817. The number of aryl methyl sites for hydroxylation is 2. The van der Waals surface area contributed by atoms with Crippen LogP contribution in [0.2, 0.25) is 0 Å². The maximum absolute atomic E-state index is 12.4. The minimum atomic E-state index is 0.220. The van der Waals surface area contributed by atoms with E-state index in [2.05, 4.69) is 20.9 Å². The van der Waals surface area contributed by atoms with Crippen LogP contribution in [0.4, 0.5) is 0 Å². The molecule has 3 rings (SSSR count). The van der Waals surface area contributed by atoms with E-state index in [1.807, 2.05) is 19.1 Å². The van der Waals surface area contributed by atoms with Crippen molar-refractivity contribution >= 4 is 26.8 Å². The fourth-order valence-electron chi connectivity index (χ4n) is 2.70. The molecule has 88 valence electrons. The van der Waals surface area contributed by atoms with Crippen molar-refractivity contribution in [1.29, 1.82) is 0 Å². The average molecular weight is 292 g/mol. The molecule has 0 bridgehead atoms. The van der Waals surface area contributed by atoms with Crippen molar-refractivity contribution in [3.05, 3.63) is 43.6 Å². The Morgan fingerprint density at radius 3 is 2.82 bits per heavy atom. The van der Waals surface area contributed by atoms with Crippen molar-refractivity contribution in [2.24, 2.45) is 0 Å². The van der Waals surface area contributed by atoms with Crippen LogP contribution >= 0.6 is 15.9 Å². The Kier molecular flexibility index (Phi) is 2.58. The second-order valence-corrected chi connectivity index (χ2v) is 5.68. The zero-order chi connectivity index (χ0) is 12.0. The number of aromatic nitrogens is 1. The van der Waals surface area contributed by atoms with E-state index in [0.29, 0.717) is 0 Å². The number of H-pyrrole nitrogens is 1. The van der Waals surface area contributed by atoms with Crippen LogP contribution in [-0.4, -0.2) is 4.98 Å². The lowest BCUT2D eigenvalue weighted by molar-refractivity contribution is 0.667. The van der Waals surface area contributed by atoms with Crippen LogP contribution in [0.15, 0.2) is 21.4 Å². The van der Waals surface area contributed by atoms with E-state index in [4.69, 9.17) is 0 Å². The predicted octanol–water partition coefficient (Wildman–Crippen LogP) is 3.48. The molecule has 2 nitrogen and oxygen atoms in total. The second kappa shape index (κ2) is 3.98. The van der Waals surface area contributed by atoms with E-state index < -0.39 is 0 Å². The van der Waals surface area contributed by atoms with Gasteiger partial charge < -0.3 is 4.98 Å². The fraction of sp³-hybridized carbons (Fsp3) is 0.357. The Morgan fingerprint density at radius 2 is 2.00 bits per heavy atom. The van der Waals surface area contributed by atoms with Crippen LogP contribution in [0.5, 0.6) is 0 Å². The summed E-state index contributed by atoms with van der Waals surface area (Å²) in [5.41, 5.74) is 4.50. The Bertz CT molecular complexity index is 657. The molecule has 1 aromatic carbocycles. The van der Waals surface area contributed by atoms with Gasteiger partial charge in [0.15, 0.2) is 5.43 Å². The highest BCUT2D eigenvalue weighted by molar-refractivity contribution is 9.10. The number of rotatable bonds is 0. The molecule has 1 aliphatic carbocycles. The summed E-state index contributed by atoms with van der Waals surface area (Å²) in [5.74, 6) is 0. The number of nitrogens with one attached hydrogen (secondary N) is 1. The fourth-order valence-corrected chi connectivity index (χ4v) is 3.27. The van der Waals surface area contributed by atoms with E-state index in [9.17, 15) is 4.79 Å². The lowest BCUT2D eigenvalue weighted by Crippen LogP contribution is -2.18. The van der Waals surface area contributed by atoms with Crippen LogP contribution in [-0.2, 0) is 12.8 Å². The number of aromatic amines is 1. The van der Waals surface area contributed by atoms with Crippen LogP contribution in [0, 0.1) is 6.92 Å². The van der Waals surface area contributed by atoms with E-state index >= 15 is 0 Å². The van der Waals surface area contributed by atoms with E-state index in [1.54, 1.807) is 0 Å². The number of hydrogen-bond acceptors (Lipinski definition) is 1. The topological polar surface area (TPSA) is 32.9 Å². The summed E-state index contributed by atoms with van der Waals surface area (Å²) < 4.78 is 0.976. The van der Waals surface area contributed by atoms with E-state index in [-0.39, 0.29) is 5.43 Å². The van der Waals surface area contributed by atoms with Gasteiger partial charge in [0, 0.05) is 21.1 Å². The summed E-state index contributed by atoms with van der Waals surface area (Å²) in [6.45, 7) is 2.04. The molecule has 0 saturated carbocycles. The third-order valence-corrected chi connectivity index (χ3v) is 4.02. The first-order valence-corrected chi connectivity index (χ1v) is 6.80. The highest BCUT2D eigenvalue weighted by Gasteiger charge is 2.16. The van der Waals surface area contributed by atoms with Crippen molar-refractivity contribution in [2.75, 3.05) is 0 Å². The third kappa shape index (κ3) is 1.73. The van der Waals surface area contributed by atoms with Gasteiger partial charge in [0.05, 0.1) is 5.52 Å². The first kappa shape index (κ1) is 11.0. The number of benzene rings is 1. The predicted molar refractivity (Wildman–Crippen MR) is 73.6 cm³/mol. The maximum atomic E-state index is 12.4. The monoisotopic (exact) mass is 291 g/mol. The van der Waals surface area contributed by atoms with Gasteiger partial charge >= 0.3 is 0 Å². The Labute approximate surface area is 108 Å². The van der Waals surface area contributed by atoms with Crippen LogP contribution in [0.25, 0.3) is 10.9 Å². The van der Waals surface area contributed by atoms with Crippen molar-refractivity contribution in [3.63, 3.8) is 0 Å². The van der Waals surface area contributed by atoms with Gasteiger partial charge in [-0.2, -0.15) is 0 Å². The summed E-state index contributed by atoms with van der Waals surface area (Å²) in [4.78, 5) is 15.9. The molecule has 0 atom stereocenters. The van der Waals surface area contributed by atoms with Crippen molar-refractivity contribution in [3.8, 4) is 0 Å². The summed E-state index contributed by atoms with van der Waals surface area (Å²) in [6.07, 6.45) is 4.25. The molecule has 17 heavy (non-hydrogen) atoms. The molecule has 0 unspecified atom stereocenters. The average Bonchev–Trinajstić information content (AvgIpc) is 2.31. The van der Waals surface area contributed by atoms with Gasteiger partial charge in [-0.05, 0) is 50.3 Å². The quantitative estimate of drug-likeness (QED) is 0.792. The van der Waals surface area contributed by atoms with Crippen molar-refractivity contribution < 1.29 is 0 Å². The maximum Gasteiger partial charge on any atom is 0.192 e. The molecular weight excluding hydrogens is 278 g/mol. The summed E-state index contributed by atoms with van der Waals surface area (Å²) in [6, 6.07) is 3.98. The van der Waals surface area contributed by atoms with Gasteiger partial charge in [0.2, 0.25) is 0 Å². The molecule has 0 radical (unpaired) electrons. The van der Waals surface area contributed by atoms with E-state index in [0.717, 1.165) is 51.5 Å². The van der Waals surface area contributed by atoms with Gasteiger partial charge in [-0.15, -0.1) is 0 Å². The normalized spacial score (nSPS) is 14.9. The van der Waals surface area contributed by atoms with Gasteiger partial charge in [-0.1, -0.05) is 15.9 Å². The number of fused-ring (bicyclic) bond motifs is 2. The molecule has 0 aliphatic heterocycles. The Balaban J connectivity index is 2.44. The first-order valence-electron chi connectivity index (χ1n) is 6.00. The number of hydrogen-bond donors (Lipinski definition) is 1. The molecule has 2 aromatic rings. The SMILES string of the molecule is Cc1cc(Br)cc2c(=O)c3c([nH]c12)CCCC3. The molecule has 3 heteroatoms. The summed E-state index contributed by atoms with van der Waals surface area (Å²) in [7, 11) is 0. The van der Waals surface area contributed by atoms with Gasteiger partial charge in [0.1, 0.15) is 0 Å². The molecule has 0 saturated heterocycles. The highest BCUT2D eigenvalue weighted by atomic mass is 79.9. The smallest absolute Gasteiger partial charge is 0.192 e. The minimum Gasteiger partial charge on any atom is -0.358 e. The Hall–Kier alpha value is -1.09. The lowest BCUT2D eigenvalue weighted by Gasteiger charge is -2.16. The van der Waals surface area contributed by atoms with Crippen molar-refractivity contribution in [1.82, 2.24) is 4.98 Å². The molecule has 0 fully saturated rings. The standard InChI is InChI=1S/C14H14BrNO/c1-8-6-9(15)7-11-13(8)16-12-5-3-2-4-10(12)14(11)17/h6-7H,2-5H2,1H3,(H,16,17). The molecule has 0 amide bonds. The molecule has 1 aromatic heterocycles. The second-order valence-electron chi connectivity index (χ2n) is 4.76. The highest BCUT2D eigenvalue weighted by Crippen LogP contribution is 2.24. The number of pyridine rings is 1. The zero-order valence-electron chi connectivity index (χ0n) is 9.77. The molecule has 1 heterocycles. The van der Waals surface area contributed by atoms with Crippen LogP contribution in [0.1, 0.15) is 29.7 Å². The zero-order valence-corrected chi connectivity index (χ0v) is 11.4. The summed E-state index contributed by atoms with van der Waals surface area (Å²) >= 11 is 3.46.